The van der Waals surface area contributed by atoms with E-state index in [4.69, 9.17) is 14.4 Å². The normalized spacial score (nSPS) is 13.0. The fourth-order valence-electron chi connectivity index (χ4n) is 3.71. The summed E-state index contributed by atoms with van der Waals surface area (Å²) >= 11 is 0. The lowest BCUT2D eigenvalue weighted by Gasteiger charge is -2.18. The quantitative estimate of drug-likeness (QED) is 0.513. The van der Waals surface area contributed by atoms with E-state index in [1.807, 2.05) is 48.5 Å². The van der Waals surface area contributed by atoms with Crippen LogP contribution in [0, 0.1) is 6.92 Å². The number of nitrogens with one attached hydrogen (secondary N) is 2. The summed E-state index contributed by atoms with van der Waals surface area (Å²) in [5.74, 6) is -1.96. The molecule has 0 fully saturated rings. The van der Waals surface area contributed by atoms with Crippen LogP contribution in [0.15, 0.2) is 53.1 Å². The number of benzene rings is 2. The number of ether oxygens (including phenoxy) is 1. The highest BCUT2D eigenvalue weighted by Crippen LogP contribution is 2.44. The summed E-state index contributed by atoms with van der Waals surface area (Å²) in [6.45, 7) is 1.59. The van der Waals surface area contributed by atoms with Gasteiger partial charge in [0.25, 0.3) is 5.91 Å². The molecule has 3 aromatic rings. The van der Waals surface area contributed by atoms with Gasteiger partial charge in [0.15, 0.2) is 5.82 Å². The van der Waals surface area contributed by atoms with E-state index in [2.05, 4.69) is 20.8 Å². The van der Waals surface area contributed by atoms with E-state index < -0.39 is 30.4 Å². The molecule has 0 spiro atoms. The van der Waals surface area contributed by atoms with Gasteiger partial charge in [0.2, 0.25) is 0 Å². The Hall–Kier alpha value is -4.21. The topological polar surface area (TPSA) is 144 Å². The standard InChI is InChI=1S/C22H20N4O6/c1-12-23-21(32-26-12)25-20(29)18(10-19(27)28)24-22(30)31-11-17-15-8-4-2-6-13(15)14-7-3-5-9-16(14)17/h2-9,17-18H,10-11H2,1H3,(H,24,30)(H,27,28)(H,23,25,26,29). The first kappa shape index (κ1) is 21.0. The minimum atomic E-state index is -1.39. The Labute approximate surface area is 182 Å². The number of nitrogens with zero attached hydrogens (tertiary/aromatic N) is 2. The minimum absolute atomic E-state index is 0.0319. The van der Waals surface area contributed by atoms with Gasteiger partial charge in [0.05, 0.1) is 6.42 Å². The highest BCUT2D eigenvalue weighted by atomic mass is 16.5. The Morgan fingerprint density at radius 3 is 2.28 bits per heavy atom. The van der Waals surface area contributed by atoms with Crippen LogP contribution in [0.25, 0.3) is 11.1 Å². The third-order valence-electron chi connectivity index (χ3n) is 5.09. The molecule has 0 saturated carbocycles. The molecule has 164 valence electrons. The van der Waals surface area contributed by atoms with Crippen molar-refractivity contribution in [1.82, 2.24) is 15.5 Å². The van der Waals surface area contributed by atoms with E-state index in [-0.39, 0.29) is 18.5 Å². The predicted octanol–water partition coefficient (Wildman–Crippen LogP) is 2.70. The Morgan fingerprint density at radius 1 is 1.09 bits per heavy atom. The molecule has 3 N–H and O–H groups in total. The van der Waals surface area contributed by atoms with Gasteiger partial charge in [0, 0.05) is 5.92 Å². The first-order chi connectivity index (χ1) is 15.4. The smallest absolute Gasteiger partial charge is 0.407 e. The van der Waals surface area contributed by atoms with E-state index in [0.717, 1.165) is 22.3 Å². The zero-order valence-corrected chi connectivity index (χ0v) is 17.1. The fraction of sp³-hybridized carbons (Fsp3) is 0.227. The Balaban J connectivity index is 1.42. The number of carboxylic acid groups (broad SMARTS) is 1. The first-order valence-corrected chi connectivity index (χ1v) is 9.87. The molecule has 1 aliphatic rings. The number of amides is 2. The van der Waals surface area contributed by atoms with Crippen molar-refractivity contribution in [2.24, 2.45) is 0 Å². The van der Waals surface area contributed by atoms with Crippen molar-refractivity contribution < 1.29 is 28.8 Å². The van der Waals surface area contributed by atoms with Gasteiger partial charge in [-0.1, -0.05) is 53.7 Å². The SMILES string of the molecule is Cc1noc(NC(=O)C(CC(=O)O)NC(=O)OCC2c3ccccc3-c3ccccc32)n1. The van der Waals surface area contributed by atoms with Crippen LogP contribution in [0.1, 0.15) is 29.3 Å². The lowest BCUT2D eigenvalue weighted by Crippen LogP contribution is -2.45. The summed E-state index contributed by atoms with van der Waals surface area (Å²) in [6.07, 6.45) is -1.56. The number of fused-ring (bicyclic) bond motifs is 3. The number of aryl methyl sites for hydroxylation is 1. The van der Waals surface area contributed by atoms with Crippen LogP contribution < -0.4 is 10.6 Å². The van der Waals surface area contributed by atoms with E-state index in [1.165, 1.54) is 0 Å². The lowest BCUT2D eigenvalue weighted by molar-refractivity contribution is -0.139. The second-order valence-corrected chi connectivity index (χ2v) is 7.26. The van der Waals surface area contributed by atoms with E-state index in [9.17, 15) is 14.4 Å². The first-order valence-electron chi connectivity index (χ1n) is 9.87. The number of alkyl carbamates (subject to hydrolysis) is 1. The van der Waals surface area contributed by atoms with Crippen LogP contribution in [0.2, 0.25) is 0 Å². The van der Waals surface area contributed by atoms with Gasteiger partial charge in [-0.05, 0) is 29.2 Å². The number of aliphatic carboxylic acids is 1. The monoisotopic (exact) mass is 436 g/mol. The van der Waals surface area contributed by atoms with Crippen LogP contribution in [-0.2, 0) is 14.3 Å². The van der Waals surface area contributed by atoms with Gasteiger partial charge in [-0.15, -0.1) is 0 Å². The maximum atomic E-state index is 12.4. The van der Waals surface area contributed by atoms with E-state index in [1.54, 1.807) is 6.92 Å². The number of aromatic nitrogens is 2. The second kappa shape index (κ2) is 8.88. The van der Waals surface area contributed by atoms with Crippen molar-refractivity contribution in [3.8, 4) is 11.1 Å². The number of hydrogen-bond donors (Lipinski definition) is 3. The van der Waals surface area contributed by atoms with Crippen molar-refractivity contribution >= 4 is 24.0 Å². The van der Waals surface area contributed by atoms with Crippen LogP contribution >= 0.6 is 0 Å². The second-order valence-electron chi connectivity index (χ2n) is 7.26. The van der Waals surface area contributed by atoms with Gasteiger partial charge in [-0.25, -0.2) is 4.79 Å². The van der Waals surface area contributed by atoms with Gasteiger partial charge in [-0.2, -0.15) is 4.98 Å². The molecule has 2 amide bonds. The molecular weight excluding hydrogens is 416 g/mol. The van der Waals surface area contributed by atoms with Crippen molar-refractivity contribution in [3.63, 3.8) is 0 Å². The summed E-state index contributed by atoms with van der Waals surface area (Å²) in [7, 11) is 0. The lowest BCUT2D eigenvalue weighted by atomic mass is 9.98. The van der Waals surface area contributed by atoms with Gasteiger partial charge in [-0.3, -0.25) is 14.9 Å². The number of hydrogen-bond acceptors (Lipinski definition) is 7. The predicted molar refractivity (Wildman–Crippen MR) is 112 cm³/mol. The summed E-state index contributed by atoms with van der Waals surface area (Å²) < 4.78 is 10.2. The molecule has 2 aromatic carbocycles. The third kappa shape index (κ3) is 4.43. The maximum Gasteiger partial charge on any atom is 0.407 e. The molecule has 0 radical (unpaired) electrons. The number of carboxylic acids is 1. The van der Waals surface area contributed by atoms with Gasteiger partial charge in [0.1, 0.15) is 12.6 Å². The summed E-state index contributed by atoms with van der Waals surface area (Å²) in [4.78, 5) is 39.8. The zero-order valence-electron chi connectivity index (χ0n) is 17.1. The Bertz CT molecular complexity index is 1130. The van der Waals surface area contributed by atoms with E-state index >= 15 is 0 Å². The maximum absolute atomic E-state index is 12.4. The summed E-state index contributed by atoms with van der Waals surface area (Å²) in [5, 5.41) is 17.2. The van der Waals surface area contributed by atoms with Crippen molar-refractivity contribution in [2.45, 2.75) is 25.3 Å². The molecule has 1 aliphatic carbocycles. The molecule has 1 atom stereocenters. The van der Waals surface area contributed by atoms with Crippen LogP contribution in [0.3, 0.4) is 0 Å². The summed E-state index contributed by atoms with van der Waals surface area (Å²) in [5.41, 5.74) is 4.23. The number of carbonyl (C=O) groups is 3. The molecule has 10 nitrogen and oxygen atoms in total. The molecular formula is C22H20N4O6. The highest BCUT2D eigenvalue weighted by Gasteiger charge is 2.30. The Kier molecular flexibility index (Phi) is 5.84. The molecule has 0 saturated heterocycles. The molecule has 0 bridgehead atoms. The van der Waals surface area contributed by atoms with Crippen molar-refractivity contribution in [2.75, 3.05) is 11.9 Å². The molecule has 4 rings (SSSR count). The van der Waals surface area contributed by atoms with Crippen molar-refractivity contribution in [1.29, 1.82) is 0 Å². The molecule has 1 unspecified atom stereocenters. The average molecular weight is 436 g/mol. The summed E-state index contributed by atoms with van der Waals surface area (Å²) in [6, 6.07) is 14.1. The van der Waals surface area contributed by atoms with Crippen molar-refractivity contribution in [3.05, 3.63) is 65.5 Å². The molecule has 1 heterocycles. The van der Waals surface area contributed by atoms with Crippen LogP contribution in [-0.4, -0.2) is 45.9 Å². The number of rotatable bonds is 7. The average Bonchev–Trinajstić information content (AvgIpc) is 3.32. The largest absolute Gasteiger partial charge is 0.481 e. The molecule has 0 aliphatic heterocycles. The van der Waals surface area contributed by atoms with E-state index in [0.29, 0.717) is 5.82 Å². The molecule has 10 heteroatoms. The van der Waals surface area contributed by atoms with Gasteiger partial charge < -0.3 is 19.7 Å². The molecule has 1 aromatic heterocycles. The fourth-order valence-corrected chi connectivity index (χ4v) is 3.71. The van der Waals surface area contributed by atoms with Crippen LogP contribution in [0.5, 0.6) is 0 Å². The highest BCUT2D eigenvalue weighted by molar-refractivity contribution is 5.97. The van der Waals surface area contributed by atoms with Gasteiger partial charge >= 0.3 is 18.1 Å². The number of anilines is 1. The zero-order chi connectivity index (χ0) is 22.7. The third-order valence-corrected chi connectivity index (χ3v) is 5.09. The van der Waals surface area contributed by atoms with Crippen LogP contribution in [0.4, 0.5) is 10.8 Å². The minimum Gasteiger partial charge on any atom is -0.481 e. The Morgan fingerprint density at radius 2 is 1.72 bits per heavy atom. The molecule has 32 heavy (non-hydrogen) atoms. The number of carbonyl (C=O) groups excluding carboxylic acids is 2.